The summed E-state index contributed by atoms with van der Waals surface area (Å²) in [6.07, 6.45) is -0.769. The molecule has 1 aliphatic heterocycles. The SMILES string of the molecule is C[C@H](NC(=O)OC(C)(C)C)C(=O)N[C@H]1CCC(=O)N(CC(=O)NO)C1=O. The minimum absolute atomic E-state index is 0.0523. The Labute approximate surface area is 150 Å². The molecule has 11 heteroatoms. The Hall–Kier alpha value is -2.69. The number of likely N-dealkylation sites (tertiary alicyclic amines) is 1. The van der Waals surface area contributed by atoms with E-state index in [4.69, 9.17) is 9.94 Å². The molecule has 2 atom stereocenters. The van der Waals surface area contributed by atoms with Gasteiger partial charge in [0.1, 0.15) is 24.2 Å². The highest BCUT2D eigenvalue weighted by molar-refractivity contribution is 6.04. The monoisotopic (exact) mass is 372 g/mol. The number of hydroxylamine groups is 1. The smallest absolute Gasteiger partial charge is 0.408 e. The molecule has 0 spiro atoms. The fourth-order valence-electron chi connectivity index (χ4n) is 2.16. The van der Waals surface area contributed by atoms with Gasteiger partial charge < -0.3 is 15.4 Å². The molecule has 5 amide bonds. The second-order valence-electron chi connectivity index (χ2n) is 6.82. The molecular weight excluding hydrogens is 348 g/mol. The summed E-state index contributed by atoms with van der Waals surface area (Å²) in [4.78, 5) is 59.7. The average Bonchev–Trinajstić information content (AvgIpc) is 2.51. The third-order valence-electron chi connectivity index (χ3n) is 3.38. The van der Waals surface area contributed by atoms with Gasteiger partial charge in [0.15, 0.2) is 0 Å². The maximum absolute atomic E-state index is 12.3. The van der Waals surface area contributed by atoms with Crippen LogP contribution in [0.15, 0.2) is 0 Å². The largest absolute Gasteiger partial charge is 0.444 e. The van der Waals surface area contributed by atoms with E-state index in [-0.39, 0.29) is 12.8 Å². The summed E-state index contributed by atoms with van der Waals surface area (Å²) in [5.74, 6) is -2.92. The van der Waals surface area contributed by atoms with Gasteiger partial charge in [-0.2, -0.15) is 0 Å². The van der Waals surface area contributed by atoms with Gasteiger partial charge in [0.2, 0.25) is 11.8 Å². The van der Waals surface area contributed by atoms with E-state index in [2.05, 4.69) is 10.6 Å². The standard InChI is InChI=1S/C15H24N4O7/c1-8(16-14(24)26-15(2,3)4)12(22)17-9-5-6-11(21)19(13(9)23)7-10(20)18-25/h8-9,25H,5-7H2,1-4H3,(H,16,24)(H,17,22)(H,18,20)/t8-,9-/m0/s1. The Morgan fingerprint density at radius 1 is 1.31 bits per heavy atom. The second-order valence-corrected chi connectivity index (χ2v) is 6.82. The Balaban J connectivity index is 2.64. The number of rotatable bonds is 5. The summed E-state index contributed by atoms with van der Waals surface area (Å²) in [6.45, 7) is 5.78. The van der Waals surface area contributed by atoms with Crippen LogP contribution in [0.25, 0.3) is 0 Å². The predicted octanol–water partition coefficient (Wildman–Crippen LogP) is -0.961. The summed E-state index contributed by atoms with van der Waals surface area (Å²) in [5.41, 5.74) is 0.605. The van der Waals surface area contributed by atoms with Gasteiger partial charge in [-0.15, -0.1) is 0 Å². The molecule has 0 bridgehead atoms. The number of piperidine rings is 1. The number of alkyl carbamates (subject to hydrolysis) is 1. The van der Waals surface area contributed by atoms with Crippen molar-refractivity contribution >= 4 is 29.7 Å². The molecule has 1 aliphatic rings. The van der Waals surface area contributed by atoms with E-state index in [9.17, 15) is 24.0 Å². The summed E-state index contributed by atoms with van der Waals surface area (Å²) in [5, 5.41) is 13.3. The first kappa shape index (κ1) is 21.4. The van der Waals surface area contributed by atoms with Gasteiger partial charge in [-0.25, -0.2) is 10.3 Å². The van der Waals surface area contributed by atoms with Gasteiger partial charge >= 0.3 is 6.09 Å². The summed E-state index contributed by atoms with van der Waals surface area (Å²) >= 11 is 0. The average molecular weight is 372 g/mol. The van der Waals surface area contributed by atoms with Crippen molar-refractivity contribution in [3.05, 3.63) is 0 Å². The van der Waals surface area contributed by atoms with Crippen LogP contribution in [0.4, 0.5) is 4.79 Å². The van der Waals surface area contributed by atoms with Crippen LogP contribution in [0.5, 0.6) is 0 Å². The lowest BCUT2D eigenvalue weighted by atomic mass is 10.0. The quantitative estimate of drug-likeness (QED) is 0.275. The van der Waals surface area contributed by atoms with Crippen molar-refractivity contribution in [1.82, 2.24) is 21.0 Å². The van der Waals surface area contributed by atoms with Gasteiger partial charge in [0.25, 0.3) is 11.8 Å². The molecule has 1 fully saturated rings. The Bertz CT molecular complexity index is 599. The van der Waals surface area contributed by atoms with Crippen LogP contribution in [-0.4, -0.2) is 64.1 Å². The molecule has 1 rings (SSSR count). The Kier molecular flexibility index (Phi) is 7.07. The van der Waals surface area contributed by atoms with Crippen molar-refractivity contribution < 1.29 is 33.9 Å². The zero-order chi connectivity index (χ0) is 20.1. The third-order valence-corrected chi connectivity index (χ3v) is 3.38. The normalized spacial score (nSPS) is 18.8. The van der Waals surface area contributed by atoms with Crippen LogP contribution in [-0.2, 0) is 23.9 Å². The molecule has 146 valence electrons. The lowest BCUT2D eigenvalue weighted by Gasteiger charge is -2.31. The number of imide groups is 1. The molecule has 0 radical (unpaired) electrons. The lowest BCUT2D eigenvalue weighted by Crippen LogP contribution is -2.58. The lowest BCUT2D eigenvalue weighted by molar-refractivity contribution is -0.154. The van der Waals surface area contributed by atoms with E-state index >= 15 is 0 Å². The maximum Gasteiger partial charge on any atom is 0.408 e. The van der Waals surface area contributed by atoms with E-state index in [0.717, 1.165) is 0 Å². The fraction of sp³-hybridized carbons (Fsp3) is 0.667. The van der Waals surface area contributed by atoms with Crippen molar-refractivity contribution in [2.45, 2.75) is 58.2 Å². The van der Waals surface area contributed by atoms with Crippen molar-refractivity contribution in [2.24, 2.45) is 0 Å². The highest BCUT2D eigenvalue weighted by Gasteiger charge is 2.37. The molecule has 0 aromatic carbocycles. The van der Waals surface area contributed by atoms with E-state index < -0.39 is 54.0 Å². The zero-order valence-corrected chi connectivity index (χ0v) is 15.1. The molecule has 4 N–H and O–H groups in total. The third kappa shape index (κ3) is 6.31. The predicted molar refractivity (Wildman–Crippen MR) is 86.6 cm³/mol. The van der Waals surface area contributed by atoms with Crippen LogP contribution < -0.4 is 16.1 Å². The first-order valence-corrected chi connectivity index (χ1v) is 8.01. The number of amides is 5. The maximum atomic E-state index is 12.3. The minimum Gasteiger partial charge on any atom is -0.444 e. The number of nitrogens with zero attached hydrogens (tertiary/aromatic N) is 1. The van der Waals surface area contributed by atoms with E-state index in [0.29, 0.717) is 4.90 Å². The van der Waals surface area contributed by atoms with Crippen molar-refractivity contribution in [2.75, 3.05) is 6.54 Å². The van der Waals surface area contributed by atoms with Gasteiger partial charge in [-0.05, 0) is 34.1 Å². The van der Waals surface area contributed by atoms with E-state index in [1.807, 2.05) is 0 Å². The molecule has 0 saturated carbocycles. The highest BCUT2D eigenvalue weighted by atomic mass is 16.6. The van der Waals surface area contributed by atoms with E-state index in [1.165, 1.54) is 12.4 Å². The number of hydrogen-bond acceptors (Lipinski definition) is 7. The molecule has 0 aromatic heterocycles. The zero-order valence-electron chi connectivity index (χ0n) is 15.1. The first-order chi connectivity index (χ1) is 11.9. The van der Waals surface area contributed by atoms with Crippen molar-refractivity contribution in [1.29, 1.82) is 0 Å². The molecule has 0 aliphatic carbocycles. The molecule has 1 heterocycles. The van der Waals surface area contributed by atoms with Gasteiger partial charge in [-0.1, -0.05) is 0 Å². The summed E-state index contributed by atoms with van der Waals surface area (Å²) < 4.78 is 5.04. The Morgan fingerprint density at radius 3 is 2.46 bits per heavy atom. The first-order valence-electron chi connectivity index (χ1n) is 8.01. The molecule has 11 nitrogen and oxygen atoms in total. The summed E-state index contributed by atoms with van der Waals surface area (Å²) in [7, 11) is 0. The van der Waals surface area contributed by atoms with Crippen LogP contribution in [0.2, 0.25) is 0 Å². The van der Waals surface area contributed by atoms with Gasteiger partial charge in [0, 0.05) is 6.42 Å². The second kappa shape index (κ2) is 8.61. The van der Waals surface area contributed by atoms with Crippen LogP contribution in [0.1, 0.15) is 40.5 Å². The van der Waals surface area contributed by atoms with Crippen LogP contribution >= 0.6 is 0 Å². The highest BCUT2D eigenvalue weighted by Crippen LogP contribution is 2.13. The number of ether oxygens (including phenoxy) is 1. The summed E-state index contributed by atoms with van der Waals surface area (Å²) in [6, 6.07) is -2.00. The van der Waals surface area contributed by atoms with Crippen molar-refractivity contribution in [3.63, 3.8) is 0 Å². The van der Waals surface area contributed by atoms with Crippen LogP contribution in [0, 0.1) is 0 Å². The number of carbonyl (C=O) groups is 5. The molecule has 26 heavy (non-hydrogen) atoms. The number of hydrogen-bond donors (Lipinski definition) is 4. The van der Waals surface area contributed by atoms with Crippen molar-refractivity contribution in [3.8, 4) is 0 Å². The molecule has 0 aromatic rings. The minimum atomic E-state index is -1.02. The number of nitrogens with one attached hydrogen (secondary N) is 3. The van der Waals surface area contributed by atoms with E-state index in [1.54, 1.807) is 20.8 Å². The van der Waals surface area contributed by atoms with Gasteiger partial charge in [-0.3, -0.25) is 29.3 Å². The van der Waals surface area contributed by atoms with Crippen LogP contribution in [0.3, 0.4) is 0 Å². The topological polar surface area (TPSA) is 154 Å². The van der Waals surface area contributed by atoms with Gasteiger partial charge in [0.05, 0.1) is 0 Å². The molecule has 0 unspecified atom stereocenters. The molecular formula is C15H24N4O7. The Morgan fingerprint density at radius 2 is 1.92 bits per heavy atom. The molecule has 1 saturated heterocycles. The fourth-order valence-corrected chi connectivity index (χ4v) is 2.16. The number of carbonyl (C=O) groups excluding carboxylic acids is 5.